The minimum Gasteiger partial charge on any atom is -0.335 e. The first-order valence-corrected chi connectivity index (χ1v) is 10.8. The maximum Gasteiger partial charge on any atom is 0.319 e. The number of rotatable bonds is 4. The molecular weight excluding hydrogens is 426 g/mol. The predicted molar refractivity (Wildman–Crippen MR) is 102 cm³/mol. The highest BCUT2D eigenvalue weighted by atomic mass is 79.9. The van der Waals surface area contributed by atoms with E-state index in [9.17, 15) is 13.2 Å². The van der Waals surface area contributed by atoms with Crippen LogP contribution in [0.25, 0.3) is 0 Å². The molecule has 2 aromatic rings. The Kier molecular flexibility index (Phi) is 5.19. The van der Waals surface area contributed by atoms with Gasteiger partial charge in [-0.2, -0.15) is 0 Å². The molecular formula is C16H18BrN3O3S2. The van der Waals surface area contributed by atoms with Crippen LogP contribution in [0.3, 0.4) is 0 Å². The van der Waals surface area contributed by atoms with Crippen molar-refractivity contribution >= 4 is 49.0 Å². The van der Waals surface area contributed by atoms with Gasteiger partial charge in [0.15, 0.2) is 0 Å². The number of carbonyl (C=O) groups excluding carboxylic acids is 1. The average molecular weight is 444 g/mol. The van der Waals surface area contributed by atoms with Crippen LogP contribution in [0, 0.1) is 6.92 Å². The zero-order valence-corrected chi connectivity index (χ0v) is 16.7. The van der Waals surface area contributed by atoms with E-state index in [0.29, 0.717) is 16.5 Å². The third kappa shape index (κ3) is 4.41. The number of anilines is 1. The number of thiophene rings is 1. The molecule has 1 aromatic carbocycles. The molecule has 3 rings (SSSR count). The number of nitrogens with one attached hydrogen (secondary N) is 2. The normalized spacial score (nSPS) is 20.0. The van der Waals surface area contributed by atoms with Crippen LogP contribution in [0.15, 0.2) is 39.0 Å². The Labute approximate surface area is 159 Å². The first kappa shape index (κ1) is 18.4. The van der Waals surface area contributed by atoms with Crippen molar-refractivity contribution in [3.05, 3.63) is 45.2 Å². The summed E-state index contributed by atoms with van der Waals surface area (Å²) in [5.41, 5.74) is 1.74. The van der Waals surface area contributed by atoms with Crippen LogP contribution in [0.1, 0.15) is 29.2 Å². The second-order valence-electron chi connectivity index (χ2n) is 6.10. The van der Waals surface area contributed by atoms with Gasteiger partial charge in [0.1, 0.15) is 4.21 Å². The average Bonchev–Trinajstić information content (AvgIpc) is 2.85. The highest BCUT2D eigenvalue weighted by Gasteiger charge is 2.31. The van der Waals surface area contributed by atoms with Gasteiger partial charge in [-0.1, -0.05) is 28.1 Å². The summed E-state index contributed by atoms with van der Waals surface area (Å²) in [6, 6.07) is 9.39. The Bertz CT molecular complexity index is 888. The summed E-state index contributed by atoms with van der Waals surface area (Å²) in [5.74, 6) is 0.454. The van der Waals surface area contributed by atoms with Crippen LogP contribution in [-0.2, 0) is 10.0 Å². The van der Waals surface area contributed by atoms with Gasteiger partial charge in [-0.3, -0.25) is 0 Å². The number of amides is 2. The Morgan fingerprint density at radius 2 is 1.92 bits per heavy atom. The molecule has 1 aliphatic rings. The van der Waals surface area contributed by atoms with Crippen molar-refractivity contribution in [3.8, 4) is 0 Å². The molecule has 0 saturated heterocycles. The van der Waals surface area contributed by atoms with Crippen LogP contribution in [-0.4, -0.2) is 20.5 Å². The lowest BCUT2D eigenvalue weighted by molar-refractivity contribution is 0.233. The van der Waals surface area contributed by atoms with Crippen molar-refractivity contribution < 1.29 is 13.2 Å². The maximum absolute atomic E-state index is 12.1. The topological polar surface area (TPSA) is 101 Å². The first-order chi connectivity index (χ1) is 11.7. The number of halogens is 1. The van der Waals surface area contributed by atoms with E-state index in [-0.39, 0.29) is 16.3 Å². The molecule has 6 nitrogen and oxygen atoms in total. The standard InChI is InChI=1S/C16H18BrN3O3S2/c1-9-14(8-15(24-9)25(18,22)23)20-16(21)19-13-6-11(7-13)10-2-4-12(17)5-3-10/h2-5,8,11,13H,6-7H2,1H3,(H2,18,22,23)(H2,19,20,21). The van der Waals surface area contributed by atoms with Crippen molar-refractivity contribution in [2.24, 2.45) is 5.14 Å². The van der Waals surface area contributed by atoms with Gasteiger partial charge in [0.2, 0.25) is 10.0 Å². The fraction of sp³-hybridized carbons (Fsp3) is 0.312. The summed E-state index contributed by atoms with van der Waals surface area (Å²) in [5, 5.41) is 10.7. The molecule has 0 bridgehead atoms. The number of urea groups is 1. The molecule has 1 aromatic heterocycles. The molecule has 0 spiro atoms. The van der Waals surface area contributed by atoms with Crippen LogP contribution in [0.5, 0.6) is 0 Å². The van der Waals surface area contributed by atoms with Crippen molar-refractivity contribution in [1.82, 2.24) is 5.32 Å². The Morgan fingerprint density at radius 1 is 1.28 bits per heavy atom. The summed E-state index contributed by atoms with van der Waals surface area (Å²) in [6.07, 6.45) is 1.78. The molecule has 134 valence electrons. The van der Waals surface area contributed by atoms with Crippen molar-refractivity contribution in [1.29, 1.82) is 0 Å². The van der Waals surface area contributed by atoms with Crippen molar-refractivity contribution in [2.75, 3.05) is 5.32 Å². The minimum atomic E-state index is -3.75. The van der Waals surface area contributed by atoms with E-state index in [4.69, 9.17) is 5.14 Å². The molecule has 2 amide bonds. The van der Waals surface area contributed by atoms with Gasteiger partial charge in [-0.25, -0.2) is 18.4 Å². The highest BCUT2D eigenvalue weighted by molar-refractivity contribution is 9.10. The number of carbonyl (C=O) groups is 1. The number of primary sulfonamides is 1. The fourth-order valence-corrected chi connectivity index (χ4v) is 4.89. The van der Waals surface area contributed by atoms with E-state index in [2.05, 4.69) is 38.7 Å². The van der Waals surface area contributed by atoms with Crippen LogP contribution < -0.4 is 15.8 Å². The summed E-state index contributed by atoms with van der Waals surface area (Å²) in [4.78, 5) is 12.8. The van der Waals surface area contributed by atoms with E-state index in [0.717, 1.165) is 28.7 Å². The summed E-state index contributed by atoms with van der Waals surface area (Å²) < 4.78 is 23.8. The Hall–Kier alpha value is -1.42. The number of aryl methyl sites for hydroxylation is 1. The predicted octanol–water partition coefficient (Wildman–Crippen LogP) is 3.53. The van der Waals surface area contributed by atoms with Gasteiger partial charge in [0.25, 0.3) is 0 Å². The van der Waals surface area contributed by atoms with Gasteiger partial charge in [-0.05, 0) is 49.4 Å². The largest absolute Gasteiger partial charge is 0.335 e. The third-order valence-electron chi connectivity index (χ3n) is 4.24. The molecule has 25 heavy (non-hydrogen) atoms. The lowest BCUT2D eigenvalue weighted by atomic mass is 9.76. The van der Waals surface area contributed by atoms with Gasteiger partial charge in [-0.15, -0.1) is 11.3 Å². The Balaban J connectivity index is 1.53. The molecule has 1 heterocycles. The van der Waals surface area contributed by atoms with E-state index < -0.39 is 10.0 Å². The SMILES string of the molecule is Cc1sc(S(N)(=O)=O)cc1NC(=O)NC1CC(c2ccc(Br)cc2)C1. The van der Waals surface area contributed by atoms with Gasteiger partial charge < -0.3 is 10.6 Å². The van der Waals surface area contributed by atoms with E-state index in [1.54, 1.807) is 6.92 Å². The summed E-state index contributed by atoms with van der Waals surface area (Å²) in [6.45, 7) is 1.74. The fourth-order valence-electron chi connectivity index (χ4n) is 2.81. The number of benzene rings is 1. The molecule has 0 unspecified atom stereocenters. The molecule has 1 fully saturated rings. The minimum absolute atomic E-state index is 0.0410. The van der Waals surface area contributed by atoms with Crippen LogP contribution in [0.2, 0.25) is 0 Å². The molecule has 9 heteroatoms. The maximum atomic E-state index is 12.1. The van der Waals surface area contributed by atoms with E-state index in [1.807, 2.05) is 12.1 Å². The van der Waals surface area contributed by atoms with Crippen molar-refractivity contribution in [2.45, 2.75) is 35.9 Å². The lowest BCUT2D eigenvalue weighted by Gasteiger charge is -2.36. The van der Waals surface area contributed by atoms with Crippen LogP contribution >= 0.6 is 27.3 Å². The molecule has 0 aliphatic heterocycles. The number of nitrogens with two attached hydrogens (primary N) is 1. The molecule has 0 radical (unpaired) electrons. The van der Waals surface area contributed by atoms with Gasteiger partial charge >= 0.3 is 6.03 Å². The quantitative estimate of drug-likeness (QED) is 0.673. The zero-order valence-electron chi connectivity index (χ0n) is 13.5. The molecule has 4 N–H and O–H groups in total. The molecule has 1 saturated carbocycles. The van der Waals surface area contributed by atoms with E-state index >= 15 is 0 Å². The van der Waals surface area contributed by atoms with E-state index in [1.165, 1.54) is 11.6 Å². The highest BCUT2D eigenvalue weighted by Crippen LogP contribution is 2.37. The third-order valence-corrected chi connectivity index (χ3v) is 7.24. The number of hydrogen-bond donors (Lipinski definition) is 3. The van der Waals surface area contributed by atoms with Crippen LogP contribution in [0.4, 0.5) is 10.5 Å². The lowest BCUT2D eigenvalue weighted by Crippen LogP contribution is -2.45. The monoisotopic (exact) mass is 443 g/mol. The second-order valence-corrected chi connectivity index (χ2v) is 10.1. The smallest absolute Gasteiger partial charge is 0.319 e. The van der Waals surface area contributed by atoms with Gasteiger partial charge in [0.05, 0.1) is 5.69 Å². The summed E-state index contributed by atoms with van der Waals surface area (Å²) in [7, 11) is -3.75. The number of hydrogen-bond acceptors (Lipinski definition) is 4. The molecule has 1 aliphatic carbocycles. The Morgan fingerprint density at radius 3 is 2.48 bits per heavy atom. The van der Waals surface area contributed by atoms with Crippen molar-refractivity contribution in [3.63, 3.8) is 0 Å². The second kappa shape index (κ2) is 7.06. The zero-order chi connectivity index (χ0) is 18.2. The first-order valence-electron chi connectivity index (χ1n) is 7.68. The number of sulfonamides is 1. The summed E-state index contributed by atoms with van der Waals surface area (Å²) >= 11 is 4.46. The van der Waals surface area contributed by atoms with Gasteiger partial charge in [0, 0.05) is 15.4 Å². The molecule has 0 atom stereocenters.